The number of nitrogens with zero attached hydrogens (tertiary/aromatic N) is 2. The molecule has 0 unspecified atom stereocenters. The number of aromatic nitrogens is 3. The Bertz CT molecular complexity index is 1130. The number of amides is 1. The van der Waals surface area contributed by atoms with E-state index < -0.39 is 15.9 Å². The molecule has 1 fully saturated rings. The second-order valence-corrected chi connectivity index (χ2v) is 8.74. The van der Waals surface area contributed by atoms with Crippen molar-refractivity contribution in [3.05, 3.63) is 47.8 Å². The average molecular weight is 399 g/mol. The molecule has 2 aromatic heterocycles. The molecule has 1 aliphatic rings. The van der Waals surface area contributed by atoms with E-state index in [1.54, 1.807) is 18.2 Å². The fourth-order valence-electron chi connectivity index (χ4n) is 3.43. The van der Waals surface area contributed by atoms with Crippen LogP contribution in [0.1, 0.15) is 41.7 Å². The Labute approximate surface area is 162 Å². The normalized spacial score (nSPS) is 15.2. The number of pyridine rings is 1. The molecule has 146 valence electrons. The molecule has 1 aliphatic carbocycles. The van der Waals surface area contributed by atoms with Gasteiger partial charge in [-0.1, -0.05) is 18.9 Å². The second kappa shape index (κ2) is 7.33. The third kappa shape index (κ3) is 3.76. The van der Waals surface area contributed by atoms with Crippen molar-refractivity contribution in [2.75, 3.05) is 5.32 Å². The van der Waals surface area contributed by atoms with E-state index in [9.17, 15) is 13.2 Å². The number of fused-ring (bicyclic) bond motifs is 1. The van der Waals surface area contributed by atoms with Gasteiger partial charge in [0, 0.05) is 22.7 Å². The maximum atomic E-state index is 12.6. The van der Waals surface area contributed by atoms with Crippen molar-refractivity contribution in [1.82, 2.24) is 19.9 Å². The minimum Gasteiger partial charge on any atom is -0.321 e. The Kier molecular flexibility index (Phi) is 4.86. The smallest absolute Gasteiger partial charge is 0.255 e. The Morgan fingerprint density at radius 2 is 2.00 bits per heavy atom. The van der Waals surface area contributed by atoms with Crippen LogP contribution in [0.2, 0.25) is 0 Å². The predicted octanol–water partition coefficient (Wildman–Crippen LogP) is 2.74. The first-order chi connectivity index (χ1) is 13.4. The van der Waals surface area contributed by atoms with Crippen molar-refractivity contribution < 1.29 is 13.2 Å². The minimum absolute atomic E-state index is 0.0292. The summed E-state index contributed by atoms with van der Waals surface area (Å²) in [5.41, 5.74) is 2.20. The zero-order chi connectivity index (χ0) is 19.7. The Hall–Kier alpha value is -2.78. The third-order valence-electron chi connectivity index (χ3n) is 4.94. The molecule has 1 saturated carbocycles. The molecule has 28 heavy (non-hydrogen) atoms. The molecule has 0 saturated heterocycles. The maximum absolute atomic E-state index is 12.6. The van der Waals surface area contributed by atoms with Crippen molar-refractivity contribution in [2.24, 2.45) is 0 Å². The summed E-state index contributed by atoms with van der Waals surface area (Å²) >= 11 is 0. The molecule has 4 rings (SSSR count). The van der Waals surface area contributed by atoms with Crippen LogP contribution in [0, 0.1) is 6.92 Å². The first-order valence-corrected chi connectivity index (χ1v) is 10.7. The summed E-state index contributed by atoms with van der Waals surface area (Å²) in [7, 11) is -3.65. The molecular weight excluding hydrogens is 378 g/mol. The zero-order valence-electron chi connectivity index (χ0n) is 15.4. The van der Waals surface area contributed by atoms with Crippen LogP contribution in [0.15, 0.2) is 41.4 Å². The van der Waals surface area contributed by atoms with Crippen LogP contribution < -0.4 is 10.0 Å². The molecule has 1 aromatic carbocycles. The van der Waals surface area contributed by atoms with Crippen molar-refractivity contribution >= 4 is 32.7 Å². The van der Waals surface area contributed by atoms with Gasteiger partial charge in [0.05, 0.1) is 16.8 Å². The van der Waals surface area contributed by atoms with E-state index in [0.717, 1.165) is 36.8 Å². The highest BCUT2D eigenvalue weighted by atomic mass is 32.2. The number of carbonyl (C=O) groups excluding carboxylic acids is 1. The van der Waals surface area contributed by atoms with Gasteiger partial charge in [0.25, 0.3) is 5.91 Å². The summed E-state index contributed by atoms with van der Waals surface area (Å²) in [5.74, 6) is -0.403. The van der Waals surface area contributed by atoms with E-state index in [2.05, 4.69) is 25.2 Å². The number of H-pyrrole nitrogens is 1. The van der Waals surface area contributed by atoms with Gasteiger partial charge in [-0.05, 0) is 44.0 Å². The summed E-state index contributed by atoms with van der Waals surface area (Å²) in [4.78, 5) is 16.9. The van der Waals surface area contributed by atoms with Crippen LogP contribution in [0.4, 0.5) is 5.69 Å². The molecule has 0 radical (unpaired) electrons. The lowest BCUT2D eigenvalue weighted by Crippen LogP contribution is -2.32. The van der Waals surface area contributed by atoms with Crippen molar-refractivity contribution in [1.29, 1.82) is 0 Å². The lowest BCUT2D eigenvalue weighted by Gasteiger charge is -2.13. The summed E-state index contributed by atoms with van der Waals surface area (Å²) in [5, 5.41) is 10.5. The SMILES string of the molecule is Cc1[nH]nc2ncc(NC(=O)c3cccc(S(=O)(=O)NC4CCCC4)c3)cc12. The fraction of sp³-hybridized carbons (Fsp3) is 0.316. The molecule has 8 nitrogen and oxygen atoms in total. The van der Waals surface area contributed by atoms with Crippen LogP contribution >= 0.6 is 0 Å². The van der Waals surface area contributed by atoms with Gasteiger partial charge in [-0.15, -0.1) is 0 Å². The highest BCUT2D eigenvalue weighted by Gasteiger charge is 2.23. The van der Waals surface area contributed by atoms with Gasteiger partial charge in [-0.3, -0.25) is 9.89 Å². The predicted molar refractivity (Wildman–Crippen MR) is 106 cm³/mol. The maximum Gasteiger partial charge on any atom is 0.255 e. The lowest BCUT2D eigenvalue weighted by atomic mass is 10.2. The number of hydrogen-bond donors (Lipinski definition) is 3. The molecule has 9 heteroatoms. The number of anilines is 1. The van der Waals surface area contributed by atoms with Crippen LogP contribution in [0.25, 0.3) is 11.0 Å². The second-order valence-electron chi connectivity index (χ2n) is 7.03. The van der Waals surface area contributed by atoms with E-state index >= 15 is 0 Å². The molecule has 1 amide bonds. The number of rotatable bonds is 5. The summed E-state index contributed by atoms with van der Waals surface area (Å²) in [6, 6.07) is 7.79. The van der Waals surface area contributed by atoms with Gasteiger partial charge >= 0.3 is 0 Å². The molecule has 0 atom stereocenters. The molecule has 0 aliphatic heterocycles. The molecule has 0 spiro atoms. The number of nitrogens with one attached hydrogen (secondary N) is 3. The van der Waals surface area contributed by atoms with Gasteiger partial charge < -0.3 is 5.32 Å². The van der Waals surface area contributed by atoms with E-state index in [0.29, 0.717) is 11.3 Å². The van der Waals surface area contributed by atoms with E-state index in [-0.39, 0.29) is 16.5 Å². The number of benzene rings is 1. The minimum atomic E-state index is -3.65. The van der Waals surface area contributed by atoms with Crippen molar-refractivity contribution in [2.45, 2.75) is 43.5 Å². The number of hydrogen-bond acceptors (Lipinski definition) is 5. The van der Waals surface area contributed by atoms with E-state index in [4.69, 9.17) is 0 Å². The van der Waals surface area contributed by atoms with E-state index in [1.807, 2.05) is 6.92 Å². The number of aryl methyl sites for hydroxylation is 1. The number of sulfonamides is 1. The third-order valence-corrected chi connectivity index (χ3v) is 6.46. The van der Waals surface area contributed by atoms with Crippen molar-refractivity contribution in [3.63, 3.8) is 0 Å². The number of aromatic amines is 1. The Morgan fingerprint density at radius 3 is 2.79 bits per heavy atom. The molecule has 3 N–H and O–H groups in total. The summed E-state index contributed by atoms with van der Waals surface area (Å²) in [6.45, 7) is 1.87. The van der Waals surface area contributed by atoms with Crippen LogP contribution in [0.3, 0.4) is 0 Å². The van der Waals surface area contributed by atoms with Gasteiger partial charge in [0.1, 0.15) is 0 Å². The quantitative estimate of drug-likeness (QED) is 0.610. The highest BCUT2D eigenvalue weighted by Crippen LogP contribution is 2.22. The van der Waals surface area contributed by atoms with Gasteiger partial charge in [-0.2, -0.15) is 5.10 Å². The van der Waals surface area contributed by atoms with Crippen molar-refractivity contribution in [3.8, 4) is 0 Å². The first kappa shape index (κ1) is 18.6. The molecule has 2 heterocycles. The Morgan fingerprint density at radius 1 is 1.21 bits per heavy atom. The molecular formula is C19H21N5O3S. The van der Waals surface area contributed by atoms with Crippen LogP contribution in [0.5, 0.6) is 0 Å². The summed E-state index contributed by atoms with van der Waals surface area (Å²) in [6.07, 6.45) is 5.28. The lowest BCUT2D eigenvalue weighted by molar-refractivity contribution is 0.102. The largest absolute Gasteiger partial charge is 0.321 e. The average Bonchev–Trinajstić information content (AvgIpc) is 3.31. The monoisotopic (exact) mass is 399 g/mol. The van der Waals surface area contributed by atoms with Gasteiger partial charge in [0.15, 0.2) is 5.65 Å². The molecule has 0 bridgehead atoms. The van der Waals surface area contributed by atoms with Crippen LogP contribution in [-0.2, 0) is 10.0 Å². The summed E-state index contributed by atoms with van der Waals surface area (Å²) < 4.78 is 28.0. The van der Waals surface area contributed by atoms with Crippen LogP contribution in [-0.4, -0.2) is 35.5 Å². The first-order valence-electron chi connectivity index (χ1n) is 9.17. The zero-order valence-corrected chi connectivity index (χ0v) is 16.2. The molecule has 3 aromatic rings. The van der Waals surface area contributed by atoms with Gasteiger partial charge in [-0.25, -0.2) is 18.1 Å². The Balaban J connectivity index is 1.54. The van der Waals surface area contributed by atoms with Gasteiger partial charge in [0.2, 0.25) is 10.0 Å². The fourth-order valence-corrected chi connectivity index (χ4v) is 4.78. The topological polar surface area (TPSA) is 117 Å². The number of carbonyl (C=O) groups is 1. The highest BCUT2D eigenvalue weighted by molar-refractivity contribution is 7.89. The van der Waals surface area contributed by atoms with E-state index in [1.165, 1.54) is 18.3 Å². The standard InChI is InChI=1S/C19H21N5O3S/c1-12-17-10-15(11-20-18(17)23-22-12)21-19(25)13-5-4-8-16(9-13)28(26,27)24-14-6-2-3-7-14/h4-5,8-11,14,24H,2-3,6-7H2,1H3,(H,21,25)(H,20,22,23).